The fourth-order valence-corrected chi connectivity index (χ4v) is 3.94. The van der Waals surface area contributed by atoms with Gasteiger partial charge >= 0.3 is 5.97 Å². The minimum Gasteiger partial charge on any atom is -0.465 e. The zero-order chi connectivity index (χ0) is 21.6. The SMILES string of the molecule is COC(=O)c1cccc(C(=O)NCc2ccc(-c3nc(-c4ccccc4)cs3)cc2)c1. The average Bonchev–Trinajstić information content (AvgIpc) is 3.33. The maximum Gasteiger partial charge on any atom is 0.337 e. The zero-order valence-corrected chi connectivity index (χ0v) is 17.7. The number of amides is 1. The van der Waals surface area contributed by atoms with Gasteiger partial charge in [0, 0.05) is 28.6 Å². The van der Waals surface area contributed by atoms with Gasteiger partial charge in [0.1, 0.15) is 5.01 Å². The molecule has 0 saturated heterocycles. The summed E-state index contributed by atoms with van der Waals surface area (Å²) in [7, 11) is 1.31. The second-order valence-corrected chi connectivity index (χ2v) is 7.71. The van der Waals surface area contributed by atoms with E-state index in [-0.39, 0.29) is 5.91 Å². The number of benzene rings is 3. The molecule has 0 atom stereocenters. The number of thiazole rings is 1. The Morgan fingerprint density at radius 2 is 1.65 bits per heavy atom. The highest BCUT2D eigenvalue weighted by Crippen LogP contribution is 2.28. The lowest BCUT2D eigenvalue weighted by Gasteiger charge is -2.07. The van der Waals surface area contributed by atoms with Crippen molar-refractivity contribution in [3.05, 3.63) is 101 Å². The van der Waals surface area contributed by atoms with Gasteiger partial charge < -0.3 is 10.1 Å². The molecule has 0 aliphatic rings. The van der Waals surface area contributed by atoms with Gasteiger partial charge in [0.15, 0.2) is 0 Å². The third kappa shape index (κ3) is 4.87. The maximum atomic E-state index is 12.4. The normalized spacial score (nSPS) is 10.5. The lowest BCUT2D eigenvalue weighted by molar-refractivity contribution is 0.0600. The van der Waals surface area contributed by atoms with Gasteiger partial charge in [-0.05, 0) is 23.8 Å². The number of ether oxygens (including phenoxy) is 1. The third-order valence-corrected chi connectivity index (χ3v) is 5.66. The van der Waals surface area contributed by atoms with Crippen LogP contribution in [0.25, 0.3) is 21.8 Å². The van der Waals surface area contributed by atoms with Crippen LogP contribution in [-0.2, 0) is 11.3 Å². The van der Waals surface area contributed by atoms with Crippen molar-refractivity contribution in [1.82, 2.24) is 10.3 Å². The molecule has 6 heteroatoms. The lowest BCUT2D eigenvalue weighted by Crippen LogP contribution is -2.23. The summed E-state index contributed by atoms with van der Waals surface area (Å²) in [4.78, 5) is 28.8. The second-order valence-electron chi connectivity index (χ2n) is 6.86. The first-order valence-electron chi connectivity index (χ1n) is 9.71. The van der Waals surface area contributed by atoms with E-state index in [9.17, 15) is 9.59 Å². The minimum absolute atomic E-state index is 0.248. The predicted octanol–water partition coefficient (Wildman–Crippen LogP) is 5.19. The molecule has 0 radical (unpaired) electrons. The van der Waals surface area contributed by atoms with Gasteiger partial charge in [-0.15, -0.1) is 11.3 Å². The van der Waals surface area contributed by atoms with E-state index in [0.717, 1.165) is 27.4 Å². The molecule has 3 aromatic carbocycles. The molecule has 0 spiro atoms. The molecule has 0 aliphatic heterocycles. The molecule has 0 aliphatic carbocycles. The largest absolute Gasteiger partial charge is 0.465 e. The number of carbonyl (C=O) groups is 2. The minimum atomic E-state index is -0.470. The highest BCUT2D eigenvalue weighted by Gasteiger charge is 2.11. The highest BCUT2D eigenvalue weighted by atomic mass is 32.1. The molecule has 4 aromatic rings. The fourth-order valence-electron chi connectivity index (χ4n) is 3.10. The molecule has 1 amide bonds. The van der Waals surface area contributed by atoms with Crippen LogP contribution in [0.15, 0.2) is 84.2 Å². The summed E-state index contributed by atoms with van der Waals surface area (Å²) >= 11 is 1.61. The van der Waals surface area contributed by atoms with E-state index in [1.54, 1.807) is 29.5 Å². The van der Waals surface area contributed by atoms with Crippen LogP contribution < -0.4 is 5.32 Å². The average molecular weight is 429 g/mol. The Morgan fingerprint density at radius 3 is 2.39 bits per heavy atom. The standard InChI is InChI=1S/C25H20N2O3S/c1-30-25(29)21-9-5-8-20(14-21)23(28)26-15-17-10-12-19(13-11-17)24-27-22(16-31-24)18-6-3-2-4-7-18/h2-14,16H,15H2,1H3,(H,26,28). The quantitative estimate of drug-likeness (QED) is 0.429. The van der Waals surface area contributed by atoms with Crippen LogP contribution >= 0.6 is 11.3 Å². The molecule has 0 saturated carbocycles. The van der Waals surface area contributed by atoms with Gasteiger partial charge in [-0.2, -0.15) is 0 Å². The van der Waals surface area contributed by atoms with Gasteiger partial charge in [-0.25, -0.2) is 9.78 Å². The molecule has 1 heterocycles. The summed E-state index contributed by atoms with van der Waals surface area (Å²) in [6.07, 6.45) is 0. The van der Waals surface area contributed by atoms with Gasteiger partial charge in [-0.1, -0.05) is 60.7 Å². The smallest absolute Gasteiger partial charge is 0.337 e. The molecule has 4 rings (SSSR count). The van der Waals surface area contributed by atoms with Gasteiger partial charge in [0.2, 0.25) is 0 Å². The van der Waals surface area contributed by atoms with Gasteiger partial charge in [-0.3, -0.25) is 4.79 Å². The number of carbonyl (C=O) groups excluding carboxylic acids is 2. The number of rotatable bonds is 6. The molecule has 1 aromatic heterocycles. The Morgan fingerprint density at radius 1 is 0.903 bits per heavy atom. The molecule has 1 N–H and O–H groups in total. The van der Waals surface area contributed by atoms with E-state index >= 15 is 0 Å². The highest BCUT2D eigenvalue weighted by molar-refractivity contribution is 7.13. The third-order valence-electron chi connectivity index (χ3n) is 4.77. The van der Waals surface area contributed by atoms with Crippen molar-refractivity contribution in [2.75, 3.05) is 7.11 Å². The molecule has 0 unspecified atom stereocenters. The maximum absolute atomic E-state index is 12.4. The summed E-state index contributed by atoms with van der Waals surface area (Å²) in [5.41, 5.74) is 4.83. The van der Waals surface area contributed by atoms with E-state index < -0.39 is 5.97 Å². The predicted molar refractivity (Wildman–Crippen MR) is 122 cm³/mol. The van der Waals surface area contributed by atoms with Crippen LogP contribution in [0.1, 0.15) is 26.3 Å². The topological polar surface area (TPSA) is 68.3 Å². The molecular weight excluding hydrogens is 408 g/mol. The number of hydrogen-bond acceptors (Lipinski definition) is 5. The molecule has 5 nitrogen and oxygen atoms in total. The van der Waals surface area contributed by atoms with E-state index in [1.807, 2.05) is 54.6 Å². The molecule has 31 heavy (non-hydrogen) atoms. The van der Waals surface area contributed by atoms with Crippen LogP contribution in [0.2, 0.25) is 0 Å². The summed E-state index contributed by atoms with van der Waals surface area (Å²) in [5.74, 6) is -0.717. The van der Waals surface area contributed by atoms with Crippen LogP contribution in [0.5, 0.6) is 0 Å². The molecule has 154 valence electrons. The molecule has 0 bridgehead atoms. The van der Waals surface area contributed by atoms with Crippen molar-refractivity contribution in [1.29, 1.82) is 0 Å². The Bertz CT molecular complexity index is 1200. The van der Waals surface area contributed by atoms with Crippen molar-refractivity contribution in [2.24, 2.45) is 0 Å². The van der Waals surface area contributed by atoms with Crippen LogP contribution in [0.3, 0.4) is 0 Å². The van der Waals surface area contributed by atoms with Crippen LogP contribution in [0.4, 0.5) is 0 Å². The van der Waals surface area contributed by atoms with Crippen molar-refractivity contribution < 1.29 is 14.3 Å². The Balaban J connectivity index is 1.40. The Labute approximate surface area is 184 Å². The second kappa shape index (κ2) is 9.36. The van der Waals surface area contributed by atoms with E-state index in [2.05, 4.69) is 10.7 Å². The monoisotopic (exact) mass is 428 g/mol. The van der Waals surface area contributed by atoms with Crippen LogP contribution in [-0.4, -0.2) is 24.0 Å². The fraction of sp³-hybridized carbons (Fsp3) is 0.0800. The summed E-state index contributed by atoms with van der Waals surface area (Å²) < 4.78 is 4.70. The summed E-state index contributed by atoms with van der Waals surface area (Å²) in [6, 6.07) is 24.5. The Hall–Kier alpha value is -3.77. The summed E-state index contributed by atoms with van der Waals surface area (Å²) in [6.45, 7) is 0.384. The van der Waals surface area contributed by atoms with E-state index in [4.69, 9.17) is 9.72 Å². The van der Waals surface area contributed by atoms with Crippen molar-refractivity contribution in [2.45, 2.75) is 6.54 Å². The number of esters is 1. The van der Waals surface area contributed by atoms with Crippen LogP contribution in [0, 0.1) is 0 Å². The summed E-state index contributed by atoms with van der Waals surface area (Å²) in [5, 5.41) is 5.89. The number of nitrogens with one attached hydrogen (secondary N) is 1. The Kier molecular flexibility index (Phi) is 6.19. The van der Waals surface area contributed by atoms with E-state index in [0.29, 0.717) is 17.7 Å². The van der Waals surface area contributed by atoms with Gasteiger partial charge in [0.25, 0.3) is 5.91 Å². The van der Waals surface area contributed by atoms with Crippen molar-refractivity contribution in [3.8, 4) is 21.8 Å². The zero-order valence-electron chi connectivity index (χ0n) is 16.9. The first kappa shape index (κ1) is 20.5. The van der Waals surface area contributed by atoms with E-state index in [1.165, 1.54) is 13.2 Å². The number of nitrogens with zero attached hydrogens (tertiary/aromatic N) is 1. The van der Waals surface area contributed by atoms with Crippen molar-refractivity contribution in [3.63, 3.8) is 0 Å². The number of methoxy groups -OCH3 is 1. The van der Waals surface area contributed by atoms with Crippen molar-refractivity contribution >= 4 is 23.2 Å². The number of hydrogen-bond donors (Lipinski definition) is 1. The molecular formula is C25H20N2O3S. The number of aromatic nitrogens is 1. The first-order chi connectivity index (χ1) is 15.1. The van der Waals surface area contributed by atoms with Gasteiger partial charge in [0.05, 0.1) is 18.4 Å². The molecule has 0 fully saturated rings. The first-order valence-corrected chi connectivity index (χ1v) is 10.6. The lowest BCUT2D eigenvalue weighted by atomic mass is 10.1.